The molecule has 0 aliphatic carbocycles. The van der Waals surface area contributed by atoms with Crippen LogP contribution in [0.25, 0.3) is 6.08 Å². The topological polar surface area (TPSA) is 40.5 Å². The Kier molecular flexibility index (Phi) is 5.05. The van der Waals surface area contributed by atoms with Crippen molar-refractivity contribution in [1.82, 2.24) is 4.90 Å². The maximum absolute atomic E-state index is 10.5. The van der Waals surface area contributed by atoms with Crippen LogP contribution in [0.2, 0.25) is 0 Å². The van der Waals surface area contributed by atoms with Gasteiger partial charge in [-0.1, -0.05) is 31.2 Å². The van der Waals surface area contributed by atoms with Crippen LogP contribution in [0.15, 0.2) is 30.3 Å². The molecule has 102 valence electrons. The number of hydrogen-bond acceptors (Lipinski definition) is 3. The third-order valence-electron chi connectivity index (χ3n) is 3.10. The van der Waals surface area contributed by atoms with E-state index in [1.165, 1.54) is 17.4 Å². The van der Waals surface area contributed by atoms with E-state index in [9.17, 15) is 4.79 Å². The van der Waals surface area contributed by atoms with E-state index in [0.717, 1.165) is 25.2 Å². The van der Waals surface area contributed by atoms with Gasteiger partial charge in [-0.3, -0.25) is 4.90 Å². The number of carboxylic acid groups (broad SMARTS) is 1. The fraction of sp³-hybridized carbons (Fsp3) is 0.400. The van der Waals surface area contributed by atoms with E-state index >= 15 is 0 Å². The molecule has 2 rings (SSSR count). The summed E-state index contributed by atoms with van der Waals surface area (Å²) in [5.74, 6) is 0.284. The Morgan fingerprint density at radius 1 is 1.58 bits per heavy atom. The summed E-state index contributed by atoms with van der Waals surface area (Å²) in [6.45, 7) is 5.46. The molecule has 0 aromatic heterocycles. The van der Waals surface area contributed by atoms with Crippen LogP contribution in [0.3, 0.4) is 0 Å². The van der Waals surface area contributed by atoms with Gasteiger partial charge in [-0.2, -0.15) is 11.8 Å². The zero-order chi connectivity index (χ0) is 13.7. The van der Waals surface area contributed by atoms with Gasteiger partial charge in [-0.05, 0) is 17.2 Å². The summed E-state index contributed by atoms with van der Waals surface area (Å²) < 4.78 is 0. The van der Waals surface area contributed by atoms with Crippen LogP contribution in [-0.4, -0.2) is 40.1 Å². The van der Waals surface area contributed by atoms with Crippen LogP contribution in [0.5, 0.6) is 0 Å². The molecule has 3 nitrogen and oxygen atoms in total. The van der Waals surface area contributed by atoms with Gasteiger partial charge in [0.05, 0.1) is 0 Å². The van der Waals surface area contributed by atoms with Gasteiger partial charge in [0.15, 0.2) is 0 Å². The molecule has 1 unspecified atom stereocenters. The highest BCUT2D eigenvalue weighted by Crippen LogP contribution is 2.20. The van der Waals surface area contributed by atoms with Crippen molar-refractivity contribution in [2.24, 2.45) is 0 Å². The van der Waals surface area contributed by atoms with Gasteiger partial charge in [0, 0.05) is 36.7 Å². The minimum atomic E-state index is -0.910. The van der Waals surface area contributed by atoms with E-state index in [0.29, 0.717) is 5.25 Å². The lowest BCUT2D eigenvalue weighted by Gasteiger charge is -2.30. The summed E-state index contributed by atoms with van der Waals surface area (Å²) in [7, 11) is 0. The zero-order valence-corrected chi connectivity index (χ0v) is 11.9. The molecule has 0 saturated carbocycles. The van der Waals surface area contributed by atoms with Crippen molar-refractivity contribution in [2.75, 3.05) is 18.8 Å². The normalized spacial score (nSPS) is 20.8. The van der Waals surface area contributed by atoms with Crippen LogP contribution in [-0.2, 0) is 11.3 Å². The van der Waals surface area contributed by atoms with Gasteiger partial charge in [-0.15, -0.1) is 0 Å². The fourth-order valence-electron chi connectivity index (χ4n) is 2.26. The van der Waals surface area contributed by atoms with Crippen LogP contribution in [0.4, 0.5) is 0 Å². The highest BCUT2D eigenvalue weighted by Gasteiger charge is 2.16. The van der Waals surface area contributed by atoms with E-state index in [2.05, 4.69) is 24.0 Å². The molecule has 1 heterocycles. The monoisotopic (exact) mass is 277 g/mol. The van der Waals surface area contributed by atoms with E-state index in [4.69, 9.17) is 5.11 Å². The molecule has 0 amide bonds. The Bertz CT molecular complexity index is 473. The molecular weight excluding hydrogens is 258 g/mol. The molecule has 1 fully saturated rings. The summed E-state index contributed by atoms with van der Waals surface area (Å²) in [6, 6.07) is 8.08. The van der Waals surface area contributed by atoms with Crippen molar-refractivity contribution >= 4 is 23.8 Å². The van der Waals surface area contributed by atoms with Gasteiger partial charge in [0.2, 0.25) is 0 Å². The summed E-state index contributed by atoms with van der Waals surface area (Å²) in [5.41, 5.74) is 2.19. The van der Waals surface area contributed by atoms with Crippen LogP contribution < -0.4 is 0 Å². The Morgan fingerprint density at radius 3 is 3.16 bits per heavy atom. The van der Waals surface area contributed by atoms with Gasteiger partial charge in [0.1, 0.15) is 0 Å². The van der Waals surface area contributed by atoms with E-state index in [1.54, 1.807) is 6.08 Å². The standard InChI is InChI=1S/C15H19NO2S/c1-12-10-16(7-8-19-12)11-14-4-2-3-13(9-14)5-6-15(17)18/h2-6,9,12H,7-8,10-11H2,1H3,(H,17,18)/b6-5+. The number of thioether (sulfide) groups is 1. The minimum Gasteiger partial charge on any atom is -0.478 e. The average molecular weight is 277 g/mol. The van der Waals surface area contributed by atoms with Crippen LogP contribution >= 0.6 is 11.8 Å². The Balaban J connectivity index is 2.00. The van der Waals surface area contributed by atoms with Crippen molar-refractivity contribution in [3.8, 4) is 0 Å². The third kappa shape index (κ3) is 4.73. The molecular formula is C15H19NO2S. The smallest absolute Gasteiger partial charge is 0.328 e. The number of nitrogens with zero attached hydrogens (tertiary/aromatic N) is 1. The number of carboxylic acids is 1. The molecule has 1 N–H and O–H groups in total. The number of hydrogen-bond donors (Lipinski definition) is 1. The molecule has 4 heteroatoms. The molecule has 19 heavy (non-hydrogen) atoms. The number of rotatable bonds is 4. The SMILES string of the molecule is CC1CN(Cc2cccc(/C=C/C(=O)O)c2)CCS1. The van der Waals surface area contributed by atoms with E-state index in [1.807, 2.05) is 23.9 Å². The lowest BCUT2D eigenvalue weighted by Crippen LogP contribution is -2.35. The molecule has 1 aliphatic rings. The Morgan fingerprint density at radius 2 is 2.42 bits per heavy atom. The molecule has 1 aliphatic heterocycles. The summed E-state index contributed by atoms with van der Waals surface area (Å²) in [4.78, 5) is 13.0. The lowest BCUT2D eigenvalue weighted by atomic mass is 10.1. The van der Waals surface area contributed by atoms with Crippen LogP contribution in [0, 0.1) is 0 Å². The van der Waals surface area contributed by atoms with Gasteiger partial charge < -0.3 is 5.11 Å². The van der Waals surface area contributed by atoms with Crippen molar-refractivity contribution < 1.29 is 9.90 Å². The van der Waals surface area contributed by atoms with Crippen molar-refractivity contribution in [3.63, 3.8) is 0 Å². The fourth-order valence-corrected chi connectivity index (χ4v) is 3.34. The van der Waals surface area contributed by atoms with E-state index in [-0.39, 0.29) is 0 Å². The van der Waals surface area contributed by atoms with E-state index < -0.39 is 5.97 Å². The van der Waals surface area contributed by atoms with Crippen molar-refractivity contribution in [1.29, 1.82) is 0 Å². The zero-order valence-electron chi connectivity index (χ0n) is 11.1. The maximum Gasteiger partial charge on any atom is 0.328 e. The quantitative estimate of drug-likeness (QED) is 0.859. The highest BCUT2D eigenvalue weighted by molar-refractivity contribution is 7.99. The molecule has 1 aromatic rings. The first-order valence-corrected chi connectivity index (χ1v) is 7.52. The second kappa shape index (κ2) is 6.78. The number of carbonyl (C=O) groups is 1. The molecule has 0 spiro atoms. The van der Waals surface area contributed by atoms with Gasteiger partial charge >= 0.3 is 5.97 Å². The minimum absolute atomic E-state index is 0.698. The molecule has 1 atom stereocenters. The van der Waals surface area contributed by atoms with Crippen molar-refractivity contribution in [2.45, 2.75) is 18.7 Å². The summed E-state index contributed by atoms with van der Waals surface area (Å²) >= 11 is 2.03. The molecule has 0 radical (unpaired) electrons. The summed E-state index contributed by atoms with van der Waals surface area (Å²) in [5, 5.41) is 9.33. The first-order chi connectivity index (χ1) is 9.13. The number of benzene rings is 1. The maximum atomic E-state index is 10.5. The predicted molar refractivity (Wildman–Crippen MR) is 80.3 cm³/mol. The predicted octanol–water partition coefficient (Wildman–Crippen LogP) is 2.72. The second-order valence-electron chi connectivity index (χ2n) is 4.83. The molecule has 1 aromatic carbocycles. The summed E-state index contributed by atoms with van der Waals surface area (Å²) in [6.07, 6.45) is 2.82. The lowest BCUT2D eigenvalue weighted by molar-refractivity contribution is -0.131. The Hall–Kier alpha value is -1.26. The average Bonchev–Trinajstić information content (AvgIpc) is 2.37. The van der Waals surface area contributed by atoms with Gasteiger partial charge in [0.25, 0.3) is 0 Å². The third-order valence-corrected chi connectivity index (χ3v) is 4.24. The van der Waals surface area contributed by atoms with Crippen molar-refractivity contribution in [3.05, 3.63) is 41.5 Å². The molecule has 1 saturated heterocycles. The number of aliphatic carboxylic acids is 1. The Labute approximate surface area is 118 Å². The van der Waals surface area contributed by atoms with Gasteiger partial charge in [-0.25, -0.2) is 4.79 Å². The molecule has 0 bridgehead atoms. The largest absolute Gasteiger partial charge is 0.478 e. The highest BCUT2D eigenvalue weighted by atomic mass is 32.2. The second-order valence-corrected chi connectivity index (χ2v) is 6.38. The van der Waals surface area contributed by atoms with Crippen LogP contribution in [0.1, 0.15) is 18.1 Å². The first kappa shape index (κ1) is 14.2. The first-order valence-electron chi connectivity index (χ1n) is 6.47.